The molecular weight excluding hydrogens is 240 g/mol. The van der Waals surface area contributed by atoms with Crippen LogP contribution in [0.2, 0.25) is 5.02 Å². The average molecular weight is 251 g/mol. The van der Waals surface area contributed by atoms with Crippen molar-refractivity contribution in [1.82, 2.24) is 9.13 Å². The van der Waals surface area contributed by atoms with Gasteiger partial charge in [-0.15, -0.1) is 0 Å². The molecule has 88 valence electrons. The van der Waals surface area contributed by atoms with Gasteiger partial charge in [0.1, 0.15) is 0 Å². The number of halogens is 1. The second kappa shape index (κ2) is 4.59. The first kappa shape index (κ1) is 11.7. The SMILES string of the molecule is Cn1c(=O)ccn(Cc2ccccc2Cl)c1=O. The lowest BCUT2D eigenvalue weighted by atomic mass is 10.2. The first-order valence-corrected chi connectivity index (χ1v) is 5.47. The Labute approximate surface area is 103 Å². The summed E-state index contributed by atoms with van der Waals surface area (Å²) in [7, 11) is 1.45. The van der Waals surface area contributed by atoms with Crippen molar-refractivity contribution in [3.63, 3.8) is 0 Å². The van der Waals surface area contributed by atoms with Crippen LogP contribution in [0, 0.1) is 0 Å². The second-order valence-electron chi connectivity index (χ2n) is 3.71. The second-order valence-corrected chi connectivity index (χ2v) is 4.12. The van der Waals surface area contributed by atoms with Crippen LogP contribution in [0.1, 0.15) is 5.56 Å². The highest BCUT2D eigenvalue weighted by molar-refractivity contribution is 6.31. The lowest BCUT2D eigenvalue weighted by Crippen LogP contribution is -2.37. The fourth-order valence-corrected chi connectivity index (χ4v) is 1.74. The molecule has 5 heteroatoms. The Morgan fingerprint density at radius 1 is 1.18 bits per heavy atom. The molecule has 0 aliphatic heterocycles. The lowest BCUT2D eigenvalue weighted by molar-refractivity contribution is 0.645. The Morgan fingerprint density at radius 2 is 1.88 bits per heavy atom. The summed E-state index contributed by atoms with van der Waals surface area (Å²) in [5.41, 5.74) is 0.178. The van der Waals surface area contributed by atoms with Gasteiger partial charge in [0.15, 0.2) is 0 Å². The molecule has 1 heterocycles. The molecule has 0 spiro atoms. The molecule has 0 unspecified atom stereocenters. The van der Waals surface area contributed by atoms with Crippen LogP contribution in [0.25, 0.3) is 0 Å². The van der Waals surface area contributed by atoms with Gasteiger partial charge in [0.2, 0.25) is 0 Å². The van der Waals surface area contributed by atoms with Gasteiger partial charge in [-0.25, -0.2) is 4.79 Å². The third kappa shape index (κ3) is 2.31. The maximum Gasteiger partial charge on any atom is 0.331 e. The van der Waals surface area contributed by atoms with Crippen molar-refractivity contribution in [2.24, 2.45) is 7.05 Å². The van der Waals surface area contributed by atoms with Gasteiger partial charge in [-0.3, -0.25) is 13.9 Å². The monoisotopic (exact) mass is 250 g/mol. The first-order valence-electron chi connectivity index (χ1n) is 5.09. The zero-order valence-electron chi connectivity index (χ0n) is 9.26. The van der Waals surface area contributed by atoms with Gasteiger partial charge in [-0.1, -0.05) is 29.8 Å². The van der Waals surface area contributed by atoms with E-state index in [1.165, 1.54) is 23.9 Å². The maximum atomic E-state index is 11.8. The summed E-state index contributed by atoms with van der Waals surface area (Å²) in [5, 5.41) is 0.605. The van der Waals surface area contributed by atoms with E-state index in [0.29, 0.717) is 11.6 Å². The van der Waals surface area contributed by atoms with Crippen molar-refractivity contribution in [2.75, 3.05) is 0 Å². The van der Waals surface area contributed by atoms with Crippen LogP contribution in [-0.2, 0) is 13.6 Å². The Morgan fingerprint density at radius 3 is 2.59 bits per heavy atom. The summed E-state index contributed by atoms with van der Waals surface area (Å²) in [6, 6.07) is 8.66. The number of hydrogen-bond donors (Lipinski definition) is 0. The highest BCUT2D eigenvalue weighted by Gasteiger charge is 2.04. The van der Waals surface area contributed by atoms with Gasteiger partial charge < -0.3 is 0 Å². The molecule has 0 bridgehead atoms. The zero-order valence-corrected chi connectivity index (χ0v) is 10.0. The molecule has 0 radical (unpaired) electrons. The van der Waals surface area contributed by atoms with Crippen LogP contribution < -0.4 is 11.2 Å². The predicted molar refractivity (Wildman–Crippen MR) is 66.5 cm³/mol. The zero-order chi connectivity index (χ0) is 12.4. The topological polar surface area (TPSA) is 44.0 Å². The average Bonchev–Trinajstić information content (AvgIpc) is 2.32. The van der Waals surface area contributed by atoms with Gasteiger partial charge in [0.05, 0.1) is 6.54 Å². The van der Waals surface area contributed by atoms with E-state index in [0.717, 1.165) is 10.1 Å². The fraction of sp³-hybridized carbons (Fsp3) is 0.167. The number of hydrogen-bond acceptors (Lipinski definition) is 2. The first-order chi connectivity index (χ1) is 8.09. The number of rotatable bonds is 2. The summed E-state index contributed by atoms with van der Waals surface area (Å²) in [6.07, 6.45) is 1.48. The molecule has 0 saturated carbocycles. The smallest absolute Gasteiger partial charge is 0.296 e. The van der Waals surface area contributed by atoms with Crippen LogP contribution >= 0.6 is 11.6 Å². The van der Waals surface area contributed by atoms with Gasteiger partial charge in [0.25, 0.3) is 5.56 Å². The summed E-state index contributed by atoms with van der Waals surface area (Å²) in [4.78, 5) is 23.0. The molecule has 0 aliphatic carbocycles. The van der Waals surface area contributed by atoms with Crippen molar-refractivity contribution in [2.45, 2.75) is 6.54 Å². The number of nitrogens with zero attached hydrogens (tertiary/aromatic N) is 2. The molecule has 2 aromatic rings. The molecule has 1 aromatic carbocycles. The van der Waals surface area contributed by atoms with E-state index in [2.05, 4.69) is 0 Å². The molecule has 0 atom stereocenters. The van der Waals surface area contributed by atoms with E-state index in [1.54, 1.807) is 6.07 Å². The standard InChI is InChI=1S/C12H11ClN2O2/c1-14-11(16)6-7-15(12(14)17)8-9-4-2-3-5-10(9)13/h2-7H,8H2,1H3. The molecule has 17 heavy (non-hydrogen) atoms. The quantitative estimate of drug-likeness (QED) is 0.805. The van der Waals surface area contributed by atoms with Gasteiger partial charge in [-0.05, 0) is 11.6 Å². The molecule has 4 nitrogen and oxygen atoms in total. The molecule has 0 N–H and O–H groups in total. The summed E-state index contributed by atoms with van der Waals surface area (Å²) < 4.78 is 2.51. The van der Waals surface area contributed by atoms with Crippen molar-refractivity contribution in [3.05, 3.63) is 68.0 Å². The minimum Gasteiger partial charge on any atom is -0.296 e. The van der Waals surface area contributed by atoms with E-state index in [-0.39, 0.29) is 11.2 Å². The Bertz CT molecular complexity index is 658. The van der Waals surface area contributed by atoms with E-state index in [4.69, 9.17) is 11.6 Å². The summed E-state index contributed by atoms with van der Waals surface area (Å²) in [6.45, 7) is 0.354. The minimum absolute atomic E-state index is 0.314. The molecule has 2 rings (SSSR count). The third-order valence-electron chi connectivity index (χ3n) is 2.56. The molecular formula is C12H11ClN2O2. The van der Waals surface area contributed by atoms with E-state index in [1.807, 2.05) is 18.2 Å². The van der Waals surface area contributed by atoms with Gasteiger partial charge in [-0.2, -0.15) is 0 Å². The lowest BCUT2D eigenvalue weighted by Gasteiger charge is -2.08. The highest BCUT2D eigenvalue weighted by Crippen LogP contribution is 2.15. The molecule has 0 aliphatic rings. The fourth-order valence-electron chi connectivity index (χ4n) is 1.55. The van der Waals surface area contributed by atoms with Crippen LogP contribution in [0.5, 0.6) is 0 Å². The largest absolute Gasteiger partial charge is 0.331 e. The molecule has 0 amide bonds. The Hall–Kier alpha value is -1.81. The minimum atomic E-state index is -0.350. The molecule has 0 saturated heterocycles. The Balaban J connectivity index is 2.45. The van der Waals surface area contributed by atoms with Crippen LogP contribution in [-0.4, -0.2) is 9.13 Å². The van der Waals surface area contributed by atoms with Gasteiger partial charge >= 0.3 is 5.69 Å². The van der Waals surface area contributed by atoms with Crippen LogP contribution in [0.4, 0.5) is 0 Å². The van der Waals surface area contributed by atoms with Crippen molar-refractivity contribution in [3.8, 4) is 0 Å². The molecule has 0 fully saturated rings. The predicted octanol–water partition coefficient (Wildman–Crippen LogP) is 1.25. The summed E-state index contributed by atoms with van der Waals surface area (Å²) >= 11 is 6.01. The van der Waals surface area contributed by atoms with E-state index >= 15 is 0 Å². The van der Waals surface area contributed by atoms with Gasteiger partial charge in [0, 0.05) is 24.3 Å². The van der Waals surface area contributed by atoms with Crippen molar-refractivity contribution >= 4 is 11.6 Å². The number of benzene rings is 1. The number of aromatic nitrogens is 2. The normalized spacial score (nSPS) is 10.5. The maximum absolute atomic E-state index is 11.8. The summed E-state index contributed by atoms with van der Waals surface area (Å²) in [5.74, 6) is 0. The van der Waals surface area contributed by atoms with E-state index < -0.39 is 0 Å². The molecule has 1 aromatic heterocycles. The van der Waals surface area contributed by atoms with Crippen LogP contribution in [0.15, 0.2) is 46.1 Å². The van der Waals surface area contributed by atoms with Crippen molar-refractivity contribution in [1.29, 1.82) is 0 Å². The van der Waals surface area contributed by atoms with Crippen LogP contribution in [0.3, 0.4) is 0 Å². The Kier molecular flexibility index (Phi) is 3.15. The third-order valence-corrected chi connectivity index (χ3v) is 2.93. The van der Waals surface area contributed by atoms with E-state index in [9.17, 15) is 9.59 Å². The highest BCUT2D eigenvalue weighted by atomic mass is 35.5. The van der Waals surface area contributed by atoms with Crippen molar-refractivity contribution < 1.29 is 0 Å².